The van der Waals surface area contributed by atoms with Crippen LogP contribution in [0, 0.1) is 0 Å². The Morgan fingerprint density at radius 2 is 1.65 bits per heavy atom. The maximum Gasteiger partial charge on any atom is 0.223 e. The maximum absolute atomic E-state index is 11.7. The number of carbonyl (C=O) groups is 1. The minimum atomic E-state index is 0.137. The van der Waals surface area contributed by atoms with Crippen LogP contribution in [0.1, 0.15) is 18.1 Å². The second-order valence-electron chi connectivity index (χ2n) is 8.32. The highest BCUT2D eigenvalue weighted by molar-refractivity contribution is 5.93. The van der Waals surface area contributed by atoms with E-state index < -0.39 is 0 Å². The van der Waals surface area contributed by atoms with Gasteiger partial charge >= 0.3 is 0 Å². The molecule has 1 amide bonds. The highest BCUT2D eigenvalue weighted by Gasteiger charge is 2.22. The van der Waals surface area contributed by atoms with Gasteiger partial charge in [0, 0.05) is 58.4 Å². The monoisotopic (exact) mass is 423 g/mol. The van der Waals surface area contributed by atoms with Gasteiger partial charge in [0.25, 0.3) is 0 Å². The van der Waals surface area contributed by atoms with Gasteiger partial charge in [-0.05, 0) is 42.2 Å². The lowest BCUT2D eigenvalue weighted by Crippen LogP contribution is -2.47. The van der Waals surface area contributed by atoms with Gasteiger partial charge in [0.15, 0.2) is 11.5 Å². The fourth-order valence-electron chi connectivity index (χ4n) is 4.48. The molecule has 2 aliphatic heterocycles. The second-order valence-corrected chi connectivity index (χ2v) is 8.32. The van der Waals surface area contributed by atoms with E-state index in [1.807, 2.05) is 29.2 Å². The molecule has 0 spiro atoms. The number of nitrogens with zero attached hydrogens (tertiary/aromatic N) is 3. The number of anilines is 1. The highest BCUT2D eigenvalue weighted by atomic mass is 16.5. The number of carbonyl (C=O) groups excluding carboxylic acids is 1. The van der Waals surface area contributed by atoms with Crippen LogP contribution in [0.2, 0.25) is 0 Å². The number of fused-ring (bicyclic) bond motifs is 1. The zero-order chi connectivity index (χ0) is 21.6. The number of rotatable bonds is 8. The zero-order valence-electron chi connectivity index (χ0n) is 18.7. The van der Waals surface area contributed by atoms with Crippen molar-refractivity contribution in [2.75, 3.05) is 64.4 Å². The number of hydrogen-bond donors (Lipinski definition) is 0. The van der Waals surface area contributed by atoms with Crippen LogP contribution in [-0.2, 0) is 17.6 Å². The van der Waals surface area contributed by atoms with Gasteiger partial charge in [-0.15, -0.1) is 0 Å². The van der Waals surface area contributed by atoms with Gasteiger partial charge < -0.3 is 19.3 Å². The lowest BCUT2D eigenvalue weighted by atomic mass is 10.1. The molecule has 2 aliphatic rings. The summed E-state index contributed by atoms with van der Waals surface area (Å²) < 4.78 is 11.3. The van der Waals surface area contributed by atoms with E-state index >= 15 is 0 Å². The Morgan fingerprint density at radius 3 is 2.35 bits per heavy atom. The quantitative estimate of drug-likeness (QED) is 0.653. The average molecular weight is 424 g/mol. The summed E-state index contributed by atoms with van der Waals surface area (Å²) in [4.78, 5) is 18.6. The number of piperazine rings is 1. The van der Waals surface area contributed by atoms with Crippen molar-refractivity contribution in [3.05, 3.63) is 53.6 Å². The molecule has 166 valence electrons. The van der Waals surface area contributed by atoms with E-state index in [0.717, 1.165) is 75.8 Å². The van der Waals surface area contributed by atoms with Crippen LogP contribution in [0.3, 0.4) is 0 Å². The van der Waals surface area contributed by atoms with Crippen molar-refractivity contribution in [1.29, 1.82) is 0 Å². The van der Waals surface area contributed by atoms with Crippen LogP contribution in [0.15, 0.2) is 42.5 Å². The first-order valence-electron chi connectivity index (χ1n) is 11.2. The molecule has 0 saturated carbocycles. The van der Waals surface area contributed by atoms with E-state index in [9.17, 15) is 4.79 Å². The van der Waals surface area contributed by atoms with Gasteiger partial charge in [-0.2, -0.15) is 0 Å². The summed E-state index contributed by atoms with van der Waals surface area (Å²) in [6, 6.07) is 14.4. The van der Waals surface area contributed by atoms with Crippen LogP contribution in [0.5, 0.6) is 11.5 Å². The molecule has 0 unspecified atom stereocenters. The van der Waals surface area contributed by atoms with Gasteiger partial charge in [-0.3, -0.25) is 9.69 Å². The van der Waals surface area contributed by atoms with Gasteiger partial charge in [-0.25, -0.2) is 0 Å². The standard InChI is InChI=1S/C25H33N3O3/c1-20(29)28-12-10-22-19-21(7-8-23(22)28)9-11-26-13-15-27(16-14-26)17-18-31-25-6-4-3-5-24(25)30-2/h3-8,19H,9-18H2,1-2H3. The predicted octanol–water partition coefficient (Wildman–Crippen LogP) is 2.84. The van der Waals surface area contributed by atoms with Crippen molar-refractivity contribution in [3.63, 3.8) is 0 Å². The normalized spacial score (nSPS) is 16.9. The number of ether oxygens (including phenoxy) is 2. The topological polar surface area (TPSA) is 45.3 Å². The van der Waals surface area contributed by atoms with Crippen LogP contribution in [0.25, 0.3) is 0 Å². The summed E-state index contributed by atoms with van der Waals surface area (Å²) in [6.45, 7) is 9.50. The number of para-hydroxylation sites is 2. The van der Waals surface area contributed by atoms with Gasteiger partial charge in [0.1, 0.15) is 6.61 Å². The summed E-state index contributed by atoms with van der Waals surface area (Å²) in [5, 5.41) is 0. The van der Waals surface area contributed by atoms with Crippen LogP contribution in [0.4, 0.5) is 5.69 Å². The summed E-state index contributed by atoms with van der Waals surface area (Å²) in [6.07, 6.45) is 2.03. The third-order valence-corrected chi connectivity index (χ3v) is 6.34. The Hall–Kier alpha value is -2.57. The molecule has 2 heterocycles. The Morgan fingerprint density at radius 1 is 0.935 bits per heavy atom. The molecular formula is C25H33N3O3. The van der Waals surface area contributed by atoms with Crippen molar-refractivity contribution >= 4 is 11.6 Å². The predicted molar refractivity (Wildman–Crippen MR) is 123 cm³/mol. The van der Waals surface area contributed by atoms with Crippen molar-refractivity contribution in [1.82, 2.24) is 9.80 Å². The first-order valence-corrected chi connectivity index (χ1v) is 11.2. The van der Waals surface area contributed by atoms with E-state index in [4.69, 9.17) is 9.47 Å². The molecule has 0 aliphatic carbocycles. The Labute approximate surface area is 185 Å². The first-order chi connectivity index (χ1) is 15.1. The maximum atomic E-state index is 11.7. The lowest BCUT2D eigenvalue weighted by molar-refractivity contribution is -0.116. The van der Waals surface area contributed by atoms with E-state index in [2.05, 4.69) is 28.0 Å². The fraction of sp³-hybridized carbons (Fsp3) is 0.480. The van der Waals surface area contributed by atoms with Crippen LogP contribution in [-0.4, -0.2) is 75.2 Å². The Bertz CT molecular complexity index is 893. The SMILES string of the molecule is COc1ccccc1OCCN1CCN(CCc2ccc3c(c2)CCN3C(C)=O)CC1. The molecule has 1 fully saturated rings. The van der Waals surface area contributed by atoms with Crippen molar-refractivity contribution < 1.29 is 14.3 Å². The van der Waals surface area contributed by atoms with Crippen molar-refractivity contribution in [2.24, 2.45) is 0 Å². The van der Waals surface area contributed by atoms with E-state index in [1.54, 1.807) is 14.0 Å². The molecule has 4 rings (SSSR count). The molecule has 31 heavy (non-hydrogen) atoms. The third kappa shape index (κ3) is 5.38. The summed E-state index contributed by atoms with van der Waals surface area (Å²) >= 11 is 0. The Balaban J connectivity index is 1.18. The number of amides is 1. The summed E-state index contributed by atoms with van der Waals surface area (Å²) in [7, 11) is 1.67. The van der Waals surface area contributed by atoms with E-state index in [1.165, 1.54) is 11.1 Å². The molecular weight excluding hydrogens is 390 g/mol. The molecule has 0 radical (unpaired) electrons. The number of benzene rings is 2. The van der Waals surface area contributed by atoms with Crippen molar-refractivity contribution in [3.8, 4) is 11.5 Å². The largest absolute Gasteiger partial charge is 0.493 e. The molecule has 0 N–H and O–H groups in total. The summed E-state index contributed by atoms with van der Waals surface area (Å²) in [5.41, 5.74) is 3.78. The lowest BCUT2D eigenvalue weighted by Gasteiger charge is -2.34. The van der Waals surface area contributed by atoms with Gasteiger partial charge in [0.2, 0.25) is 5.91 Å². The van der Waals surface area contributed by atoms with E-state index in [-0.39, 0.29) is 5.91 Å². The molecule has 1 saturated heterocycles. The van der Waals surface area contributed by atoms with Gasteiger partial charge in [0.05, 0.1) is 7.11 Å². The van der Waals surface area contributed by atoms with Crippen molar-refractivity contribution in [2.45, 2.75) is 19.8 Å². The fourth-order valence-corrected chi connectivity index (χ4v) is 4.48. The summed E-state index contributed by atoms with van der Waals surface area (Å²) in [5.74, 6) is 1.73. The third-order valence-electron chi connectivity index (χ3n) is 6.34. The minimum Gasteiger partial charge on any atom is -0.493 e. The van der Waals surface area contributed by atoms with Crippen LogP contribution >= 0.6 is 0 Å². The molecule has 6 nitrogen and oxygen atoms in total. The average Bonchev–Trinajstić information content (AvgIpc) is 3.22. The van der Waals surface area contributed by atoms with Gasteiger partial charge in [-0.1, -0.05) is 24.3 Å². The first kappa shape index (κ1) is 21.7. The highest BCUT2D eigenvalue weighted by Crippen LogP contribution is 2.29. The molecule has 0 atom stereocenters. The zero-order valence-corrected chi connectivity index (χ0v) is 18.7. The second kappa shape index (κ2) is 10.2. The number of methoxy groups -OCH3 is 1. The minimum absolute atomic E-state index is 0.137. The molecule has 2 aromatic carbocycles. The Kier molecular flexibility index (Phi) is 7.10. The number of hydrogen-bond acceptors (Lipinski definition) is 5. The molecule has 2 aromatic rings. The molecule has 0 bridgehead atoms. The van der Waals surface area contributed by atoms with E-state index in [0.29, 0.717) is 6.61 Å². The molecule has 0 aromatic heterocycles. The molecule has 6 heteroatoms. The van der Waals surface area contributed by atoms with Crippen LogP contribution < -0.4 is 14.4 Å². The smallest absolute Gasteiger partial charge is 0.223 e.